The molecule has 0 bridgehead atoms. The van der Waals surface area contributed by atoms with Gasteiger partial charge in [-0.3, -0.25) is 9.48 Å². The second-order valence-electron chi connectivity index (χ2n) is 7.38. The van der Waals surface area contributed by atoms with Crippen LogP contribution in [0.2, 0.25) is 5.02 Å². The topological polar surface area (TPSA) is 69.3 Å². The molecule has 6 nitrogen and oxygen atoms in total. The number of aromatic nitrogens is 2. The number of nitrogens with one attached hydrogen (secondary N) is 1. The van der Waals surface area contributed by atoms with E-state index in [1.807, 2.05) is 0 Å². The van der Waals surface area contributed by atoms with Gasteiger partial charge < -0.3 is 14.5 Å². The first-order valence-electron chi connectivity index (χ1n) is 10.1. The molecular formula is C24H20ClF2N3O3. The Bertz CT molecular complexity index is 1320. The number of hydrogen-bond acceptors (Lipinski definition) is 4. The van der Waals surface area contributed by atoms with Crippen LogP contribution in [-0.4, -0.2) is 15.7 Å². The van der Waals surface area contributed by atoms with Crippen molar-refractivity contribution in [3.63, 3.8) is 0 Å². The molecule has 2 heterocycles. The smallest absolute Gasteiger partial charge is 0.291 e. The van der Waals surface area contributed by atoms with Crippen molar-refractivity contribution in [1.29, 1.82) is 0 Å². The Morgan fingerprint density at radius 2 is 1.94 bits per heavy atom. The molecule has 4 aromatic rings. The number of hydrogen-bond donors (Lipinski definition) is 1. The van der Waals surface area contributed by atoms with E-state index in [4.69, 9.17) is 20.8 Å². The highest BCUT2D eigenvalue weighted by atomic mass is 35.5. The van der Waals surface area contributed by atoms with E-state index in [1.165, 1.54) is 24.3 Å². The third kappa shape index (κ3) is 5.06. The summed E-state index contributed by atoms with van der Waals surface area (Å²) in [4.78, 5) is 12.7. The predicted octanol–water partition coefficient (Wildman–Crippen LogP) is 5.90. The Hall–Kier alpha value is -3.65. The van der Waals surface area contributed by atoms with Crippen LogP contribution in [0.1, 0.15) is 33.3 Å². The maximum absolute atomic E-state index is 14.0. The summed E-state index contributed by atoms with van der Waals surface area (Å²) in [5.74, 6) is -0.467. The number of carbonyl (C=O) groups is 1. The Balaban J connectivity index is 1.43. The minimum Gasteiger partial charge on any atom is -0.484 e. The van der Waals surface area contributed by atoms with Crippen molar-refractivity contribution in [3.8, 4) is 5.75 Å². The highest BCUT2D eigenvalue weighted by molar-refractivity contribution is 6.32. The molecular weight excluding hydrogens is 452 g/mol. The zero-order valence-corrected chi connectivity index (χ0v) is 18.6. The lowest BCUT2D eigenvalue weighted by Gasteiger charge is -2.07. The predicted molar refractivity (Wildman–Crippen MR) is 120 cm³/mol. The molecule has 0 unspecified atom stereocenters. The number of anilines is 1. The monoisotopic (exact) mass is 471 g/mol. The lowest BCUT2D eigenvalue weighted by molar-refractivity contribution is 0.0992. The van der Waals surface area contributed by atoms with Gasteiger partial charge in [-0.05, 0) is 50.2 Å². The van der Waals surface area contributed by atoms with Gasteiger partial charge in [0.1, 0.15) is 29.8 Å². The van der Waals surface area contributed by atoms with E-state index < -0.39 is 11.7 Å². The fourth-order valence-electron chi connectivity index (χ4n) is 3.31. The zero-order valence-electron chi connectivity index (χ0n) is 17.9. The summed E-state index contributed by atoms with van der Waals surface area (Å²) in [6.07, 6.45) is 0. The van der Waals surface area contributed by atoms with Gasteiger partial charge in [-0.1, -0.05) is 29.8 Å². The second-order valence-corrected chi connectivity index (χ2v) is 7.79. The highest BCUT2D eigenvalue weighted by Crippen LogP contribution is 2.26. The van der Waals surface area contributed by atoms with Crippen molar-refractivity contribution in [2.45, 2.75) is 27.0 Å². The minimum atomic E-state index is -0.466. The highest BCUT2D eigenvalue weighted by Gasteiger charge is 2.18. The molecule has 0 saturated heterocycles. The number of aryl methyl sites for hydroxylation is 1. The van der Waals surface area contributed by atoms with Crippen molar-refractivity contribution in [1.82, 2.24) is 9.78 Å². The summed E-state index contributed by atoms with van der Waals surface area (Å²) >= 11 is 5.94. The number of carbonyl (C=O) groups excluding carboxylic acids is 1. The number of ether oxygens (including phenoxy) is 1. The second kappa shape index (κ2) is 9.46. The van der Waals surface area contributed by atoms with Crippen LogP contribution >= 0.6 is 11.6 Å². The number of nitrogens with zero attached hydrogens (tertiary/aromatic N) is 2. The Morgan fingerprint density at radius 3 is 2.70 bits per heavy atom. The van der Waals surface area contributed by atoms with Crippen LogP contribution in [-0.2, 0) is 13.2 Å². The van der Waals surface area contributed by atoms with Gasteiger partial charge in [0.2, 0.25) is 0 Å². The first kappa shape index (κ1) is 22.5. The number of rotatable bonds is 7. The average Bonchev–Trinajstić information content (AvgIpc) is 3.35. The van der Waals surface area contributed by atoms with Gasteiger partial charge >= 0.3 is 0 Å². The molecule has 170 valence electrons. The largest absolute Gasteiger partial charge is 0.484 e. The molecule has 0 fully saturated rings. The number of furan rings is 1. The van der Waals surface area contributed by atoms with Crippen LogP contribution in [0.15, 0.2) is 59.0 Å². The van der Waals surface area contributed by atoms with E-state index in [0.29, 0.717) is 34.1 Å². The number of halogens is 3. The molecule has 4 rings (SSSR count). The van der Waals surface area contributed by atoms with Gasteiger partial charge in [0.05, 0.1) is 28.6 Å². The van der Waals surface area contributed by atoms with Crippen molar-refractivity contribution in [2.24, 2.45) is 0 Å². The SMILES string of the molecule is Cc1nn(Cc2ccccc2F)c(C)c1NC(=O)c1ccc(COc2ccc(F)cc2Cl)o1. The van der Waals surface area contributed by atoms with Crippen LogP contribution < -0.4 is 10.1 Å². The van der Waals surface area contributed by atoms with E-state index in [9.17, 15) is 13.6 Å². The third-order valence-electron chi connectivity index (χ3n) is 5.05. The average molecular weight is 472 g/mol. The van der Waals surface area contributed by atoms with E-state index in [0.717, 1.165) is 6.07 Å². The van der Waals surface area contributed by atoms with Gasteiger partial charge in [-0.15, -0.1) is 0 Å². The Kier molecular flexibility index (Phi) is 6.46. The fourth-order valence-corrected chi connectivity index (χ4v) is 3.54. The van der Waals surface area contributed by atoms with Crippen molar-refractivity contribution in [2.75, 3.05) is 5.32 Å². The molecule has 0 aliphatic heterocycles. The molecule has 33 heavy (non-hydrogen) atoms. The van der Waals surface area contributed by atoms with Gasteiger partial charge in [0.15, 0.2) is 5.76 Å². The number of amides is 1. The van der Waals surface area contributed by atoms with Crippen molar-refractivity contribution < 1.29 is 22.7 Å². The van der Waals surface area contributed by atoms with Crippen LogP contribution in [0.3, 0.4) is 0 Å². The van der Waals surface area contributed by atoms with Gasteiger partial charge in [0.25, 0.3) is 5.91 Å². The summed E-state index contributed by atoms with van der Waals surface area (Å²) < 4.78 is 39.9. The fraction of sp³-hybridized carbons (Fsp3) is 0.167. The maximum Gasteiger partial charge on any atom is 0.291 e. The van der Waals surface area contributed by atoms with Crippen LogP contribution in [0.4, 0.5) is 14.5 Å². The van der Waals surface area contributed by atoms with Crippen molar-refractivity contribution in [3.05, 3.63) is 99.7 Å². The first-order valence-corrected chi connectivity index (χ1v) is 10.4. The molecule has 0 saturated carbocycles. The molecule has 9 heteroatoms. The summed E-state index contributed by atoms with van der Waals surface area (Å²) in [6.45, 7) is 3.80. The van der Waals surface area contributed by atoms with E-state index >= 15 is 0 Å². The lowest BCUT2D eigenvalue weighted by Crippen LogP contribution is -2.12. The number of benzene rings is 2. The summed E-state index contributed by atoms with van der Waals surface area (Å²) in [7, 11) is 0. The Labute approximate surface area is 193 Å². The lowest BCUT2D eigenvalue weighted by atomic mass is 10.2. The maximum atomic E-state index is 14.0. The normalized spacial score (nSPS) is 10.9. The Morgan fingerprint density at radius 1 is 1.15 bits per heavy atom. The van der Waals surface area contributed by atoms with Crippen LogP contribution in [0.25, 0.3) is 0 Å². The quantitative estimate of drug-likeness (QED) is 0.364. The standard InChI is InChI=1S/C24H20ClF2N3O3/c1-14-23(15(2)30(29-14)12-16-5-3-4-6-20(16)27)28-24(31)22-10-8-18(33-22)13-32-21-9-7-17(26)11-19(21)25/h3-11H,12-13H2,1-2H3,(H,28,31). The zero-order chi connectivity index (χ0) is 23.5. The molecule has 2 aromatic heterocycles. The molecule has 1 N–H and O–H groups in total. The van der Waals surface area contributed by atoms with Gasteiger partial charge in [0, 0.05) is 5.56 Å². The molecule has 0 aliphatic carbocycles. The van der Waals surface area contributed by atoms with Crippen LogP contribution in [0.5, 0.6) is 5.75 Å². The van der Waals surface area contributed by atoms with Gasteiger partial charge in [-0.2, -0.15) is 5.10 Å². The van der Waals surface area contributed by atoms with E-state index in [1.54, 1.807) is 42.8 Å². The summed E-state index contributed by atoms with van der Waals surface area (Å²) in [5, 5.41) is 7.36. The molecule has 0 radical (unpaired) electrons. The minimum absolute atomic E-state index is 0.0112. The third-order valence-corrected chi connectivity index (χ3v) is 5.34. The summed E-state index contributed by atoms with van der Waals surface area (Å²) in [6, 6.07) is 13.4. The molecule has 0 aliphatic rings. The molecule has 0 spiro atoms. The molecule has 1 amide bonds. The van der Waals surface area contributed by atoms with E-state index in [2.05, 4.69) is 10.4 Å². The van der Waals surface area contributed by atoms with Crippen LogP contribution in [0, 0.1) is 25.5 Å². The van der Waals surface area contributed by atoms with Crippen molar-refractivity contribution >= 4 is 23.2 Å². The molecule has 2 aromatic carbocycles. The first-order chi connectivity index (χ1) is 15.8. The summed E-state index contributed by atoms with van der Waals surface area (Å²) in [5.41, 5.74) is 2.31. The van der Waals surface area contributed by atoms with Gasteiger partial charge in [-0.25, -0.2) is 8.78 Å². The van der Waals surface area contributed by atoms with E-state index in [-0.39, 0.29) is 29.8 Å². The molecule has 0 atom stereocenters.